The molecule has 0 saturated heterocycles. The van der Waals surface area contributed by atoms with E-state index in [9.17, 15) is 4.21 Å². The summed E-state index contributed by atoms with van der Waals surface area (Å²) in [5.41, 5.74) is 0. The highest BCUT2D eigenvalue weighted by atomic mass is 32.2. The summed E-state index contributed by atoms with van der Waals surface area (Å²) in [5, 5.41) is 3.74. The Bertz CT molecular complexity index is 245. The van der Waals surface area contributed by atoms with Gasteiger partial charge >= 0.3 is 0 Å². The normalized spacial score (nSPS) is 28.6. The summed E-state index contributed by atoms with van der Waals surface area (Å²) in [7, 11) is -0.645. The van der Waals surface area contributed by atoms with E-state index < -0.39 is 10.8 Å². The van der Waals surface area contributed by atoms with E-state index in [0.29, 0.717) is 12.1 Å². The van der Waals surface area contributed by atoms with Crippen LogP contribution in [0.3, 0.4) is 0 Å². The van der Waals surface area contributed by atoms with E-state index in [0.717, 1.165) is 18.1 Å². The van der Waals surface area contributed by atoms with Crippen LogP contribution in [0.25, 0.3) is 0 Å². The molecule has 4 atom stereocenters. The van der Waals surface area contributed by atoms with Crippen LogP contribution >= 0.6 is 0 Å². The summed E-state index contributed by atoms with van der Waals surface area (Å²) < 4.78 is 11.1. The minimum Gasteiger partial charge on any atom is -0.311 e. The van der Waals surface area contributed by atoms with Crippen LogP contribution in [0.1, 0.15) is 65.2 Å². The zero-order valence-electron chi connectivity index (χ0n) is 12.4. The number of nitrogens with one attached hydrogen (secondary N) is 1. The third-order valence-corrected chi connectivity index (χ3v) is 4.95. The van der Waals surface area contributed by atoms with Gasteiger partial charge in [0.25, 0.3) is 0 Å². The van der Waals surface area contributed by atoms with Gasteiger partial charge in [0.05, 0.1) is 0 Å². The van der Waals surface area contributed by atoms with Gasteiger partial charge in [-0.25, -0.2) is 0 Å². The number of hydrogen-bond acceptors (Lipinski definition) is 2. The van der Waals surface area contributed by atoms with Gasteiger partial charge < -0.3 is 5.32 Å². The zero-order valence-corrected chi connectivity index (χ0v) is 13.2. The zero-order chi connectivity index (χ0) is 13.4. The molecule has 1 rings (SSSR count). The van der Waals surface area contributed by atoms with Crippen LogP contribution in [0, 0.1) is 5.92 Å². The van der Waals surface area contributed by atoms with Crippen LogP contribution in [0.2, 0.25) is 0 Å². The van der Waals surface area contributed by atoms with E-state index in [1.54, 1.807) is 6.26 Å². The summed E-state index contributed by atoms with van der Waals surface area (Å²) in [6, 6.07) is 1.22. The largest absolute Gasteiger partial charge is 0.311 e. The Hall–Kier alpha value is 0.110. The molecule has 0 aliphatic heterocycles. The van der Waals surface area contributed by atoms with E-state index in [2.05, 4.69) is 19.2 Å². The lowest BCUT2D eigenvalue weighted by Gasteiger charge is -2.22. The van der Waals surface area contributed by atoms with E-state index in [-0.39, 0.29) is 0 Å². The molecule has 0 aromatic carbocycles. The molecule has 2 nitrogen and oxygen atoms in total. The molecule has 1 fully saturated rings. The maximum Gasteiger partial charge on any atom is 0.0246 e. The Morgan fingerprint density at radius 3 is 2.72 bits per heavy atom. The maximum absolute atomic E-state index is 11.1. The fourth-order valence-corrected chi connectivity index (χ4v) is 3.76. The van der Waals surface area contributed by atoms with E-state index >= 15 is 0 Å². The lowest BCUT2D eigenvalue weighted by Crippen LogP contribution is -2.37. The van der Waals surface area contributed by atoms with Crippen molar-refractivity contribution in [2.24, 2.45) is 5.92 Å². The number of hydrogen-bond donors (Lipinski definition) is 1. The van der Waals surface area contributed by atoms with Crippen LogP contribution in [0.15, 0.2) is 0 Å². The average molecular weight is 273 g/mol. The smallest absolute Gasteiger partial charge is 0.0246 e. The lowest BCUT2D eigenvalue weighted by atomic mass is 9.95. The van der Waals surface area contributed by atoms with Crippen molar-refractivity contribution >= 4 is 10.8 Å². The Labute approximate surface area is 116 Å². The SMILES string of the molecule is CCCC1CCCC(NC(C)CCS(C)=O)CC1. The molecule has 108 valence electrons. The Morgan fingerprint density at radius 2 is 2.06 bits per heavy atom. The molecule has 18 heavy (non-hydrogen) atoms. The fraction of sp³-hybridized carbons (Fsp3) is 1.00. The third kappa shape index (κ3) is 6.89. The monoisotopic (exact) mass is 273 g/mol. The highest BCUT2D eigenvalue weighted by Crippen LogP contribution is 2.26. The quantitative estimate of drug-likeness (QED) is 0.720. The highest BCUT2D eigenvalue weighted by molar-refractivity contribution is 7.84. The molecule has 4 unspecified atom stereocenters. The van der Waals surface area contributed by atoms with Gasteiger partial charge in [0.1, 0.15) is 0 Å². The molecule has 0 spiro atoms. The van der Waals surface area contributed by atoms with E-state index in [1.807, 2.05) is 0 Å². The molecule has 0 amide bonds. The predicted molar refractivity (Wildman–Crippen MR) is 81.4 cm³/mol. The molecule has 1 aliphatic rings. The van der Waals surface area contributed by atoms with Crippen molar-refractivity contribution < 1.29 is 4.21 Å². The van der Waals surface area contributed by atoms with Crippen molar-refractivity contribution in [2.75, 3.05) is 12.0 Å². The first-order chi connectivity index (χ1) is 8.61. The topological polar surface area (TPSA) is 29.1 Å². The van der Waals surface area contributed by atoms with Gasteiger partial charge in [-0.05, 0) is 38.5 Å². The molecule has 1 aliphatic carbocycles. The highest BCUT2D eigenvalue weighted by Gasteiger charge is 2.19. The van der Waals surface area contributed by atoms with Crippen LogP contribution in [-0.2, 0) is 10.8 Å². The van der Waals surface area contributed by atoms with Crippen molar-refractivity contribution in [1.29, 1.82) is 0 Å². The van der Waals surface area contributed by atoms with Gasteiger partial charge in [0.2, 0.25) is 0 Å². The molecule has 0 aromatic heterocycles. The van der Waals surface area contributed by atoms with Crippen molar-refractivity contribution in [3.05, 3.63) is 0 Å². The molecule has 3 heteroatoms. The van der Waals surface area contributed by atoms with Gasteiger partial charge in [-0.1, -0.05) is 32.6 Å². The summed E-state index contributed by atoms with van der Waals surface area (Å²) >= 11 is 0. The first-order valence-electron chi connectivity index (χ1n) is 7.67. The lowest BCUT2D eigenvalue weighted by molar-refractivity contribution is 0.386. The Morgan fingerprint density at radius 1 is 1.28 bits per heavy atom. The van der Waals surface area contributed by atoms with Crippen LogP contribution in [-0.4, -0.2) is 28.3 Å². The van der Waals surface area contributed by atoms with Crippen molar-refractivity contribution in [2.45, 2.75) is 77.3 Å². The predicted octanol–water partition coefficient (Wildman–Crippen LogP) is 3.48. The molecule has 0 radical (unpaired) electrons. The summed E-state index contributed by atoms with van der Waals surface area (Å²) in [6.07, 6.45) is 12.5. The van der Waals surface area contributed by atoms with Gasteiger partial charge in [-0.3, -0.25) is 4.21 Å². The average Bonchev–Trinajstić information content (AvgIpc) is 2.53. The Kier molecular flexibility index (Phi) is 8.16. The first-order valence-corrected chi connectivity index (χ1v) is 9.40. The van der Waals surface area contributed by atoms with Crippen LogP contribution in [0.5, 0.6) is 0 Å². The maximum atomic E-state index is 11.1. The van der Waals surface area contributed by atoms with Crippen LogP contribution < -0.4 is 5.32 Å². The van der Waals surface area contributed by atoms with Gasteiger partial charge in [0.15, 0.2) is 0 Å². The first kappa shape index (κ1) is 16.2. The second kappa shape index (κ2) is 9.08. The molecule has 0 heterocycles. The third-order valence-electron chi connectivity index (χ3n) is 4.14. The molecular formula is C15H31NOS. The van der Waals surface area contributed by atoms with Crippen molar-refractivity contribution in [3.63, 3.8) is 0 Å². The summed E-state index contributed by atoms with van der Waals surface area (Å²) in [6.45, 7) is 4.54. The molecular weight excluding hydrogens is 242 g/mol. The molecule has 1 N–H and O–H groups in total. The summed E-state index contributed by atoms with van der Waals surface area (Å²) in [5.74, 6) is 1.81. The number of rotatable bonds is 7. The minimum atomic E-state index is -0.645. The summed E-state index contributed by atoms with van der Waals surface area (Å²) in [4.78, 5) is 0. The molecule has 1 saturated carbocycles. The van der Waals surface area contributed by atoms with Gasteiger partial charge in [-0.2, -0.15) is 0 Å². The Balaban J connectivity index is 2.23. The van der Waals surface area contributed by atoms with Crippen LogP contribution in [0.4, 0.5) is 0 Å². The standard InChI is InChI=1S/C15H31NOS/c1-4-6-14-7-5-8-15(10-9-14)16-13(2)11-12-18(3)17/h13-16H,4-12H2,1-3H3. The second-order valence-electron chi connectivity index (χ2n) is 5.99. The molecule has 0 bridgehead atoms. The van der Waals surface area contributed by atoms with Gasteiger partial charge in [0, 0.05) is 34.9 Å². The fourth-order valence-electron chi connectivity index (χ4n) is 3.07. The van der Waals surface area contributed by atoms with E-state index in [4.69, 9.17) is 0 Å². The second-order valence-corrected chi connectivity index (χ2v) is 7.55. The minimum absolute atomic E-state index is 0.515. The molecule has 0 aromatic rings. The van der Waals surface area contributed by atoms with Crippen molar-refractivity contribution in [1.82, 2.24) is 5.32 Å². The van der Waals surface area contributed by atoms with Crippen molar-refractivity contribution in [3.8, 4) is 0 Å². The van der Waals surface area contributed by atoms with Gasteiger partial charge in [-0.15, -0.1) is 0 Å². The van der Waals surface area contributed by atoms with E-state index in [1.165, 1.54) is 44.9 Å².